The van der Waals surface area contributed by atoms with E-state index in [4.69, 9.17) is 5.26 Å². The number of nitrogens with one attached hydrogen (secondary N) is 1. The van der Waals surface area contributed by atoms with Crippen LogP contribution in [0.2, 0.25) is 0 Å². The summed E-state index contributed by atoms with van der Waals surface area (Å²) < 4.78 is 3.82. The van der Waals surface area contributed by atoms with Gasteiger partial charge in [-0.3, -0.25) is 14.2 Å². The first kappa shape index (κ1) is 13.3. The minimum Gasteiger partial charge on any atom is -0.308 e. The zero-order valence-electron chi connectivity index (χ0n) is 10.4. The Balaban J connectivity index is 2.10. The van der Waals surface area contributed by atoms with E-state index in [0.29, 0.717) is 11.4 Å². The van der Waals surface area contributed by atoms with Gasteiger partial charge in [0.25, 0.3) is 0 Å². The zero-order chi connectivity index (χ0) is 14.0. The summed E-state index contributed by atoms with van der Waals surface area (Å²) in [5, 5.41) is 19.6. The predicted octanol–water partition coefficient (Wildman–Crippen LogP) is 1.20. The molecule has 0 atom stereocenters. The van der Waals surface area contributed by atoms with Gasteiger partial charge in [-0.05, 0) is 22.9 Å². The van der Waals surface area contributed by atoms with Crippen LogP contribution in [0, 0.1) is 18.3 Å². The fourth-order valence-corrected chi connectivity index (χ4v) is 1.88. The monoisotopic (exact) mass is 322 g/mol. The van der Waals surface area contributed by atoms with Gasteiger partial charge in [0, 0.05) is 13.2 Å². The molecular weight excluding hydrogens is 312 g/mol. The largest absolute Gasteiger partial charge is 0.308 e. The van der Waals surface area contributed by atoms with Crippen LogP contribution in [-0.4, -0.2) is 25.5 Å². The van der Waals surface area contributed by atoms with Crippen molar-refractivity contribution in [2.75, 3.05) is 5.32 Å². The quantitative estimate of drug-likeness (QED) is 0.919. The number of nitrogens with zero attached hydrogens (tertiary/aromatic N) is 5. The maximum absolute atomic E-state index is 11.9. The highest BCUT2D eigenvalue weighted by Gasteiger charge is 2.12. The maximum atomic E-state index is 11.9. The molecule has 2 aromatic rings. The van der Waals surface area contributed by atoms with E-state index in [-0.39, 0.29) is 12.5 Å². The lowest BCUT2D eigenvalue weighted by Gasteiger charge is -2.05. The molecule has 0 aliphatic carbocycles. The van der Waals surface area contributed by atoms with E-state index in [0.717, 1.165) is 10.2 Å². The second-order valence-electron chi connectivity index (χ2n) is 3.95. The topological polar surface area (TPSA) is 88.5 Å². The first-order chi connectivity index (χ1) is 9.01. The van der Waals surface area contributed by atoms with Crippen molar-refractivity contribution in [2.45, 2.75) is 13.5 Å². The predicted molar refractivity (Wildman–Crippen MR) is 71.2 cm³/mol. The van der Waals surface area contributed by atoms with Crippen LogP contribution in [0.25, 0.3) is 0 Å². The fraction of sp³-hybridized carbons (Fsp3) is 0.273. The first-order valence-corrected chi connectivity index (χ1v) is 6.22. The van der Waals surface area contributed by atoms with Crippen molar-refractivity contribution in [3.05, 3.63) is 28.1 Å². The minimum absolute atomic E-state index is 0.0719. The van der Waals surface area contributed by atoms with Crippen LogP contribution in [-0.2, 0) is 18.4 Å². The lowest BCUT2D eigenvalue weighted by Crippen LogP contribution is -2.21. The van der Waals surface area contributed by atoms with Crippen LogP contribution < -0.4 is 5.32 Å². The Labute approximate surface area is 117 Å². The minimum atomic E-state index is -0.268. The van der Waals surface area contributed by atoms with Crippen molar-refractivity contribution < 1.29 is 4.79 Å². The molecule has 1 N–H and O–H groups in total. The Morgan fingerprint density at radius 3 is 2.95 bits per heavy atom. The summed E-state index contributed by atoms with van der Waals surface area (Å²) in [6.45, 7) is 1.91. The van der Waals surface area contributed by atoms with Crippen LogP contribution in [0.5, 0.6) is 0 Å². The Morgan fingerprint density at radius 1 is 1.63 bits per heavy atom. The molecule has 98 valence electrons. The maximum Gasteiger partial charge on any atom is 0.247 e. The number of rotatable bonds is 3. The second kappa shape index (κ2) is 5.24. The number of nitriles is 1. The third-order valence-electron chi connectivity index (χ3n) is 2.51. The number of hydrogen-bond acceptors (Lipinski definition) is 4. The van der Waals surface area contributed by atoms with Crippen molar-refractivity contribution in [3.63, 3.8) is 0 Å². The van der Waals surface area contributed by atoms with Crippen LogP contribution in [0.1, 0.15) is 11.3 Å². The summed E-state index contributed by atoms with van der Waals surface area (Å²) in [4.78, 5) is 11.9. The summed E-state index contributed by atoms with van der Waals surface area (Å²) in [5.74, 6) is 0.116. The van der Waals surface area contributed by atoms with Crippen molar-refractivity contribution in [2.24, 2.45) is 7.05 Å². The molecule has 2 aromatic heterocycles. The van der Waals surface area contributed by atoms with Gasteiger partial charge in [-0.15, -0.1) is 0 Å². The number of amides is 1. The molecule has 0 aliphatic heterocycles. The van der Waals surface area contributed by atoms with Gasteiger partial charge in [0.2, 0.25) is 5.91 Å². The number of aryl methyl sites for hydroxylation is 2. The van der Waals surface area contributed by atoms with E-state index in [1.807, 2.05) is 13.0 Å². The van der Waals surface area contributed by atoms with E-state index in [1.165, 1.54) is 15.6 Å². The average molecular weight is 323 g/mol. The molecule has 0 aliphatic rings. The lowest BCUT2D eigenvalue weighted by molar-refractivity contribution is -0.116. The molecule has 8 heteroatoms. The molecule has 7 nitrogen and oxygen atoms in total. The molecule has 0 spiro atoms. The molecule has 2 heterocycles. The van der Waals surface area contributed by atoms with E-state index < -0.39 is 0 Å². The Kier molecular flexibility index (Phi) is 3.66. The van der Waals surface area contributed by atoms with Crippen LogP contribution in [0.4, 0.5) is 5.82 Å². The van der Waals surface area contributed by atoms with E-state index in [9.17, 15) is 4.79 Å². The molecule has 0 fully saturated rings. The number of carbonyl (C=O) groups excluding carboxylic acids is 1. The summed E-state index contributed by atoms with van der Waals surface area (Å²) in [6, 6.07) is 1.97. The van der Waals surface area contributed by atoms with Crippen LogP contribution in [0.3, 0.4) is 0 Å². The second-order valence-corrected chi connectivity index (χ2v) is 4.80. The number of anilines is 1. The molecule has 0 aromatic carbocycles. The van der Waals surface area contributed by atoms with Crippen LogP contribution >= 0.6 is 15.9 Å². The number of hydrogen-bond donors (Lipinski definition) is 1. The van der Waals surface area contributed by atoms with Crippen molar-refractivity contribution in [1.29, 1.82) is 5.26 Å². The molecule has 0 radical (unpaired) electrons. The van der Waals surface area contributed by atoms with E-state index >= 15 is 0 Å². The van der Waals surface area contributed by atoms with E-state index in [1.54, 1.807) is 13.2 Å². The molecule has 0 unspecified atom stereocenters. The first-order valence-electron chi connectivity index (χ1n) is 5.42. The van der Waals surface area contributed by atoms with Gasteiger partial charge in [0.05, 0.1) is 16.4 Å². The van der Waals surface area contributed by atoms with Gasteiger partial charge in [-0.25, -0.2) is 0 Å². The summed E-state index contributed by atoms with van der Waals surface area (Å²) in [5.41, 5.74) is 1.14. The third kappa shape index (κ3) is 2.82. The van der Waals surface area contributed by atoms with Gasteiger partial charge >= 0.3 is 0 Å². The highest BCUT2D eigenvalue weighted by atomic mass is 79.9. The smallest absolute Gasteiger partial charge is 0.247 e. The fourth-order valence-electron chi connectivity index (χ4n) is 1.56. The van der Waals surface area contributed by atoms with Gasteiger partial charge in [0.15, 0.2) is 0 Å². The van der Waals surface area contributed by atoms with Gasteiger partial charge < -0.3 is 5.32 Å². The molecule has 0 saturated heterocycles. The van der Waals surface area contributed by atoms with Crippen molar-refractivity contribution in [3.8, 4) is 6.07 Å². The average Bonchev–Trinajstić information content (AvgIpc) is 2.84. The van der Waals surface area contributed by atoms with Crippen molar-refractivity contribution in [1.82, 2.24) is 19.6 Å². The lowest BCUT2D eigenvalue weighted by atomic mass is 10.3. The van der Waals surface area contributed by atoms with E-state index in [2.05, 4.69) is 31.4 Å². The molecule has 1 amide bonds. The SMILES string of the molecule is Cc1nn(CC(=O)Nc2c(C#N)cnn2C)cc1Br. The summed E-state index contributed by atoms with van der Waals surface area (Å²) in [6.07, 6.45) is 3.13. The molecule has 19 heavy (non-hydrogen) atoms. The Hall–Kier alpha value is -2.14. The molecule has 0 bridgehead atoms. The number of carbonyl (C=O) groups is 1. The summed E-state index contributed by atoms with van der Waals surface area (Å²) >= 11 is 3.33. The third-order valence-corrected chi connectivity index (χ3v) is 3.29. The molecular formula is C11H11BrN6O. The zero-order valence-corrected chi connectivity index (χ0v) is 12.0. The molecule has 2 rings (SSSR count). The summed E-state index contributed by atoms with van der Waals surface area (Å²) in [7, 11) is 1.66. The van der Waals surface area contributed by atoms with Gasteiger partial charge in [-0.2, -0.15) is 15.5 Å². The van der Waals surface area contributed by atoms with Crippen molar-refractivity contribution >= 4 is 27.7 Å². The Bertz CT molecular complexity index is 646. The van der Waals surface area contributed by atoms with Gasteiger partial charge in [0.1, 0.15) is 24.0 Å². The standard InChI is InChI=1S/C11H11BrN6O/c1-7-9(12)5-18(16-7)6-10(19)15-11-8(3-13)4-14-17(11)2/h4-5H,6H2,1-2H3,(H,15,19). The normalized spacial score (nSPS) is 10.2. The number of halogens is 1. The highest BCUT2D eigenvalue weighted by Crippen LogP contribution is 2.14. The number of aromatic nitrogens is 4. The Morgan fingerprint density at radius 2 is 2.37 bits per heavy atom. The van der Waals surface area contributed by atoms with Crippen LogP contribution in [0.15, 0.2) is 16.9 Å². The molecule has 0 saturated carbocycles. The highest BCUT2D eigenvalue weighted by molar-refractivity contribution is 9.10. The van der Waals surface area contributed by atoms with Gasteiger partial charge in [-0.1, -0.05) is 0 Å².